The van der Waals surface area contributed by atoms with E-state index in [1.165, 1.54) is 6.07 Å². The summed E-state index contributed by atoms with van der Waals surface area (Å²) in [5.41, 5.74) is 7.14. The monoisotopic (exact) mass is 675 g/mol. The molecule has 52 heavy (non-hydrogen) atoms. The maximum absolute atomic E-state index is 8.39. The molecule has 248 valence electrons. The fraction of sp³-hybridized carbons (Fsp3) is 0.0625. The van der Waals surface area contributed by atoms with Crippen LogP contribution >= 0.6 is 0 Å². The van der Waals surface area contributed by atoms with Gasteiger partial charge in [-0.05, 0) is 58.7 Å². The van der Waals surface area contributed by atoms with Crippen molar-refractivity contribution in [2.45, 2.75) is 19.3 Å². The van der Waals surface area contributed by atoms with Crippen LogP contribution in [0.3, 0.4) is 0 Å². The minimum Gasteiger partial charge on any atom is -0.482 e. The van der Waals surface area contributed by atoms with Crippen molar-refractivity contribution in [2.24, 2.45) is 0 Å². The number of aromatic nitrogens is 3. The highest BCUT2D eigenvalue weighted by molar-refractivity contribution is 5.91. The molecule has 1 aliphatic heterocycles. The summed E-state index contributed by atoms with van der Waals surface area (Å²) < 4.78 is 56.5. The van der Waals surface area contributed by atoms with Crippen LogP contribution in [0.1, 0.15) is 27.5 Å². The summed E-state index contributed by atoms with van der Waals surface area (Å²) in [7, 11) is 0. The third-order valence-electron chi connectivity index (χ3n) is 9.45. The maximum atomic E-state index is 8.39. The average Bonchev–Trinajstić information content (AvgIpc) is 3.25. The van der Waals surface area contributed by atoms with Crippen molar-refractivity contribution in [2.75, 3.05) is 0 Å². The van der Waals surface area contributed by atoms with Crippen molar-refractivity contribution < 1.29 is 13.0 Å². The molecule has 0 spiro atoms. The predicted molar refractivity (Wildman–Crippen MR) is 212 cm³/mol. The Morgan fingerprint density at radius 3 is 1.29 bits per heavy atom. The van der Waals surface area contributed by atoms with Gasteiger partial charge in [-0.1, -0.05) is 170 Å². The normalized spacial score (nSPS) is 14.9. The Morgan fingerprint density at radius 2 is 0.788 bits per heavy atom. The number of fused-ring (bicyclic) bond motifs is 3. The summed E-state index contributed by atoms with van der Waals surface area (Å²) in [4.78, 5) is 14.9. The molecule has 9 rings (SSSR count). The molecule has 2 heterocycles. The van der Waals surface area contributed by atoms with Crippen LogP contribution in [0.25, 0.3) is 78.7 Å². The molecule has 4 nitrogen and oxygen atoms in total. The van der Waals surface area contributed by atoms with E-state index in [0.29, 0.717) is 28.6 Å². The van der Waals surface area contributed by atoms with Crippen LogP contribution in [-0.4, -0.2) is 15.0 Å². The SMILES string of the molecule is [2H]C([2H])([2H])C1(C([2H])([2H])[2H])Oc2cccc(-c3ccc(-c4nc(-c5ccc(-c6ccccc6)cc5)nc(-c5ccc(-c6ccccc6)cc5)n4)cc3)c2-c2ccccc21. The summed E-state index contributed by atoms with van der Waals surface area (Å²) in [6.07, 6.45) is 0. The first-order valence-electron chi connectivity index (χ1n) is 20.1. The largest absolute Gasteiger partial charge is 0.482 e. The lowest BCUT2D eigenvalue weighted by Crippen LogP contribution is -2.29. The number of hydrogen-bond acceptors (Lipinski definition) is 4. The second-order valence-corrected chi connectivity index (χ2v) is 12.8. The first kappa shape index (κ1) is 25.3. The molecule has 0 atom stereocenters. The number of hydrogen-bond donors (Lipinski definition) is 0. The van der Waals surface area contributed by atoms with E-state index in [2.05, 4.69) is 48.5 Å². The first-order chi connectivity index (χ1) is 28.0. The van der Waals surface area contributed by atoms with Crippen LogP contribution in [0.15, 0.2) is 176 Å². The molecule has 0 fully saturated rings. The number of rotatable bonds is 6. The second-order valence-electron chi connectivity index (χ2n) is 12.8. The Bertz CT molecular complexity index is 2640. The van der Waals surface area contributed by atoms with Gasteiger partial charge in [0.15, 0.2) is 17.5 Å². The smallest absolute Gasteiger partial charge is 0.164 e. The van der Waals surface area contributed by atoms with Gasteiger partial charge in [0.1, 0.15) is 11.4 Å². The third kappa shape index (κ3) is 5.84. The molecule has 0 amide bonds. The van der Waals surface area contributed by atoms with Crippen LogP contribution in [0, 0.1) is 0 Å². The molecule has 0 bridgehead atoms. The highest BCUT2D eigenvalue weighted by Gasteiger charge is 2.33. The van der Waals surface area contributed by atoms with Crippen molar-refractivity contribution in [1.29, 1.82) is 0 Å². The quantitative estimate of drug-likeness (QED) is 0.176. The number of benzene rings is 7. The van der Waals surface area contributed by atoms with Gasteiger partial charge >= 0.3 is 0 Å². The van der Waals surface area contributed by atoms with Crippen molar-refractivity contribution in [3.05, 3.63) is 181 Å². The summed E-state index contributed by atoms with van der Waals surface area (Å²) in [5.74, 6) is 1.76. The minimum absolute atomic E-state index is 0.102. The van der Waals surface area contributed by atoms with Crippen LogP contribution in [0.4, 0.5) is 0 Å². The minimum atomic E-state index is -2.99. The molecule has 1 aliphatic rings. The van der Waals surface area contributed by atoms with E-state index in [0.717, 1.165) is 50.1 Å². The van der Waals surface area contributed by atoms with E-state index in [4.69, 9.17) is 27.9 Å². The third-order valence-corrected chi connectivity index (χ3v) is 9.45. The zero-order valence-electron chi connectivity index (χ0n) is 34.0. The van der Waals surface area contributed by atoms with Gasteiger partial charge in [0.25, 0.3) is 0 Å². The Morgan fingerprint density at radius 1 is 0.385 bits per heavy atom. The summed E-state index contributed by atoms with van der Waals surface area (Å²) in [6.45, 7) is -5.97. The van der Waals surface area contributed by atoms with Gasteiger partial charge in [0, 0.05) is 36.0 Å². The lowest BCUT2D eigenvalue weighted by molar-refractivity contribution is 0.106. The van der Waals surface area contributed by atoms with Crippen molar-refractivity contribution >= 4 is 0 Å². The lowest BCUT2D eigenvalue weighted by Gasteiger charge is -2.35. The molecule has 0 radical (unpaired) electrons. The number of nitrogens with zero attached hydrogens (tertiary/aromatic N) is 3. The van der Waals surface area contributed by atoms with Crippen molar-refractivity contribution in [1.82, 2.24) is 15.0 Å². The molecule has 0 unspecified atom stereocenters. The Kier molecular flexibility index (Phi) is 6.29. The van der Waals surface area contributed by atoms with Gasteiger partial charge in [-0.15, -0.1) is 0 Å². The molecule has 1 aromatic heterocycles. The van der Waals surface area contributed by atoms with E-state index in [1.54, 1.807) is 30.3 Å². The second kappa shape index (κ2) is 12.9. The molecule has 0 saturated carbocycles. The molecule has 0 N–H and O–H groups in total. The van der Waals surface area contributed by atoms with Crippen LogP contribution in [0.2, 0.25) is 0 Å². The molecule has 8 aromatic rings. The van der Waals surface area contributed by atoms with Gasteiger partial charge in [0.2, 0.25) is 0 Å². The summed E-state index contributed by atoms with van der Waals surface area (Å²) in [5, 5.41) is 0. The Labute approximate surface area is 312 Å². The van der Waals surface area contributed by atoms with Crippen LogP contribution in [-0.2, 0) is 5.60 Å². The van der Waals surface area contributed by atoms with Gasteiger partial charge in [0.05, 0.1) is 0 Å². The molecular weight excluding hydrogens is 635 g/mol. The van der Waals surface area contributed by atoms with Crippen molar-refractivity contribution in [3.63, 3.8) is 0 Å². The van der Waals surface area contributed by atoms with Crippen molar-refractivity contribution in [3.8, 4) is 84.4 Å². The topological polar surface area (TPSA) is 47.9 Å². The molecule has 4 heteroatoms. The molecular formula is C48H35N3O. The van der Waals surface area contributed by atoms with Gasteiger partial charge < -0.3 is 4.74 Å². The van der Waals surface area contributed by atoms with Gasteiger partial charge in [-0.25, -0.2) is 15.0 Å². The fourth-order valence-electron chi connectivity index (χ4n) is 6.81. The van der Waals surface area contributed by atoms with E-state index < -0.39 is 19.3 Å². The van der Waals surface area contributed by atoms with E-state index >= 15 is 0 Å². The van der Waals surface area contributed by atoms with E-state index in [9.17, 15) is 0 Å². The maximum Gasteiger partial charge on any atom is 0.164 e. The predicted octanol–water partition coefficient (Wildman–Crippen LogP) is 12.2. The van der Waals surface area contributed by atoms with Crippen LogP contribution in [0.5, 0.6) is 5.75 Å². The Hall–Kier alpha value is -6.65. The van der Waals surface area contributed by atoms with Crippen LogP contribution < -0.4 is 4.74 Å². The van der Waals surface area contributed by atoms with Gasteiger partial charge in [-0.3, -0.25) is 0 Å². The summed E-state index contributed by atoms with van der Waals surface area (Å²) in [6, 6.07) is 56.6. The zero-order valence-corrected chi connectivity index (χ0v) is 28.0. The first-order valence-corrected chi connectivity index (χ1v) is 17.1. The zero-order chi connectivity index (χ0) is 40.1. The average molecular weight is 676 g/mol. The highest BCUT2D eigenvalue weighted by atomic mass is 16.5. The standard InChI is InChI=1S/C48H35N3O/c1-48(2)42-18-10-9-16-41(42)44-40(17-11-19-43(44)52-48)36-24-30-39(31-25-36)47-50-45(37-26-20-34(21-27-37)32-12-5-3-6-13-32)49-46(51-47)38-28-22-35(23-29-38)33-14-7-4-8-15-33/h3-31H,1-2H3/i1D3,2D3. The molecule has 7 aromatic carbocycles. The molecule has 0 aliphatic carbocycles. The highest BCUT2D eigenvalue weighted by Crippen LogP contribution is 2.49. The van der Waals surface area contributed by atoms with Gasteiger partial charge in [-0.2, -0.15) is 0 Å². The summed E-state index contributed by atoms with van der Waals surface area (Å²) >= 11 is 0. The molecule has 0 saturated heterocycles. The lowest BCUT2D eigenvalue weighted by atomic mass is 9.83. The number of ether oxygens (including phenoxy) is 1. The fourth-order valence-corrected chi connectivity index (χ4v) is 6.81. The van der Waals surface area contributed by atoms with E-state index in [-0.39, 0.29) is 11.3 Å². The van der Waals surface area contributed by atoms with E-state index in [1.807, 2.05) is 91.0 Å². The Balaban J connectivity index is 1.12.